The molecule has 1 atom stereocenters. The maximum atomic E-state index is 12.5. The third kappa shape index (κ3) is 4.17. The molecule has 3 aromatic rings. The Labute approximate surface area is 163 Å². The van der Waals surface area contributed by atoms with E-state index in [1.807, 2.05) is 59.5 Å². The largest absolute Gasteiger partial charge is 0.346 e. The molecule has 1 saturated heterocycles. The van der Waals surface area contributed by atoms with Crippen LogP contribution in [0.15, 0.2) is 60.8 Å². The fraction of sp³-hybridized carbons (Fsp3) is 0.273. The fourth-order valence-electron chi connectivity index (χ4n) is 3.48. The summed E-state index contributed by atoms with van der Waals surface area (Å²) in [6.07, 6.45) is 3.47. The summed E-state index contributed by atoms with van der Waals surface area (Å²) in [5.74, 6) is -0.118. The molecule has 1 aliphatic heterocycles. The van der Waals surface area contributed by atoms with E-state index in [2.05, 4.69) is 15.3 Å². The Hall–Kier alpha value is -3.28. The zero-order valence-electron chi connectivity index (χ0n) is 15.5. The molecule has 2 heterocycles. The van der Waals surface area contributed by atoms with E-state index in [9.17, 15) is 9.59 Å². The number of carbonyl (C=O) groups is 2. The molecule has 1 aliphatic rings. The van der Waals surface area contributed by atoms with Gasteiger partial charge < -0.3 is 10.2 Å². The summed E-state index contributed by atoms with van der Waals surface area (Å²) >= 11 is 0. The number of hydrogen-bond donors (Lipinski definition) is 1. The lowest BCUT2D eigenvalue weighted by molar-refractivity contribution is -0.130. The van der Waals surface area contributed by atoms with Crippen LogP contribution in [0.3, 0.4) is 0 Å². The third-order valence-electron chi connectivity index (χ3n) is 5.03. The van der Waals surface area contributed by atoms with Crippen molar-refractivity contribution in [3.63, 3.8) is 0 Å². The molecule has 0 spiro atoms. The summed E-state index contributed by atoms with van der Waals surface area (Å²) in [4.78, 5) is 35.5. The van der Waals surface area contributed by atoms with Gasteiger partial charge >= 0.3 is 0 Å². The van der Waals surface area contributed by atoms with Crippen molar-refractivity contribution in [1.29, 1.82) is 0 Å². The first-order valence-corrected chi connectivity index (χ1v) is 9.53. The molecule has 0 radical (unpaired) electrons. The molecule has 1 aromatic heterocycles. The van der Waals surface area contributed by atoms with Gasteiger partial charge in [0.1, 0.15) is 5.69 Å². The van der Waals surface area contributed by atoms with E-state index >= 15 is 0 Å². The molecule has 0 aliphatic carbocycles. The third-order valence-corrected chi connectivity index (χ3v) is 5.03. The highest BCUT2D eigenvalue weighted by atomic mass is 16.2. The van der Waals surface area contributed by atoms with Gasteiger partial charge in [-0.3, -0.25) is 14.6 Å². The van der Waals surface area contributed by atoms with Crippen LogP contribution >= 0.6 is 0 Å². The number of hydrogen-bond acceptors (Lipinski definition) is 4. The zero-order valence-corrected chi connectivity index (χ0v) is 15.5. The van der Waals surface area contributed by atoms with Crippen molar-refractivity contribution in [3.8, 4) is 0 Å². The normalized spacial score (nSPS) is 16.3. The molecule has 4 rings (SSSR count). The lowest BCUT2D eigenvalue weighted by atomic mass is 10.1. The topological polar surface area (TPSA) is 75.2 Å². The molecule has 6 heteroatoms. The lowest BCUT2D eigenvalue weighted by Gasteiger charge is -2.17. The second-order valence-electron chi connectivity index (χ2n) is 7.03. The van der Waals surface area contributed by atoms with Crippen LogP contribution in [0.1, 0.15) is 28.9 Å². The van der Waals surface area contributed by atoms with Gasteiger partial charge in [0, 0.05) is 25.6 Å². The minimum absolute atomic E-state index is 0.0542. The average molecular weight is 374 g/mol. The summed E-state index contributed by atoms with van der Waals surface area (Å²) in [6, 6.07) is 17.4. The number of aryl methyl sites for hydroxylation is 1. The van der Waals surface area contributed by atoms with Gasteiger partial charge in [-0.15, -0.1) is 0 Å². The summed E-state index contributed by atoms with van der Waals surface area (Å²) < 4.78 is 0. The first kappa shape index (κ1) is 18.1. The maximum absolute atomic E-state index is 12.5. The van der Waals surface area contributed by atoms with E-state index in [0.717, 1.165) is 23.9 Å². The average Bonchev–Trinajstić information content (AvgIpc) is 3.21. The fourth-order valence-corrected chi connectivity index (χ4v) is 3.48. The van der Waals surface area contributed by atoms with Crippen LogP contribution in [0.2, 0.25) is 0 Å². The number of para-hydroxylation sites is 2. The van der Waals surface area contributed by atoms with Crippen molar-refractivity contribution in [1.82, 2.24) is 20.2 Å². The molecule has 0 bridgehead atoms. The van der Waals surface area contributed by atoms with Gasteiger partial charge in [-0.25, -0.2) is 4.98 Å². The van der Waals surface area contributed by atoms with Gasteiger partial charge in [-0.05, 0) is 30.5 Å². The molecule has 2 aromatic carbocycles. The van der Waals surface area contributed by atoms with E-state index < -0.39 is 0 Å². The standard InChI is InChI=1S/C22H22N4O2/c27-21(11-10-16-6-2-1-3-7-16)26-13-12-17(15-26)24-22(28)20-14-23-18-8-4-5-9-19(18)25-20/h1-9,14,17H,10-13,15H2,(H,24,28). The van der Waals surface area contributed by atoms with Gasteiger partial charge in [-0.2, -0.15) is 0 Å². The molecular formula is C22H22N4O2. The maximum Gasteiger partial charge on any atom is 0.271 e. The second kappa shape index (κ2) is 8.17. The van der Waals surface area contributed by atoms with Crippen LogP contribution in [-0.4, -0.2) is 45.8 Å². The number of rotatable bonds is 5. The first-order valence-electron chi connectivity index (χ1n) is 9.53. The van der Waals surface area contributed by atoms with Crippen LogP contribution in [0.4, 0.5) is 0 Å². The number of fused-ring (bicyclic) bond motifs is 1. The molecule has 6 nitrogen and oxygen atoms in total. The highest BCUT2D eigenvalue weighted by molar-refractivity contribution is 5.94. The predicted octanol–water partition coefficient (Wildman–Crippen LogP) is 2.59. The van der Waals surface area contributed by atoms with E-state index in [4.69, 9.17) is 0 Å². The Kier molecular flexibility index (Phi) is 5.28. The van der Waals surface area contributed by atoms with E-state index in [1.165, 1.54) is 6.20 Å². The Morgan fingerprint density at radius 1 is 1.04 bits per heavy atom. The molecule has 2 amide bonds. The Morgan fingerprint density at radius 3 is 2.61 bits per heavy atom. The molecule has 1 N–H and O–H groups in total. The minimum atomic E-state index is -0.248. The summed E-state index contributed by atoms with van der Waals surface area (Å²) in [5.41, 5.74) is 2.91. The Morgan fingerprint density at radius 2 is 1.79 bits per heavy atom. The number of amides is 2. The number of aromatic nitrogens is 2. The summed E-state index contributed by atoms with van der Waals surface area (Å²) in [5, 5.41) is 2.98. The first-order chi connectivity index (χ1) is 13.7. The quantitative estimate of drug-likeness (QED) is 0.745. The highest BCUT2D eigenvalue weighted by Crippen LogP contribution is 2.14. The zero-order chi connectivity index (χ0) is 19.3. The van der Waals surface area contributed by atoms with Gasteiger partial charge in [0.05, 0.1) is 17.2 Å². The lowest BCUT2D eigenvalue weighted by Crippen LogP contribution is -2.38. The molecule has 1 fully saturated rings. The van der Waals surface area contributed by atoms with Crippen molar-refractivity contribution >= 4 is 22.8 Å². The smallest absolute Gasteiger partial charge is 0.271 e. The summed E-state index contributed by atoms with van der Waals surface area (Å²) in [6.45, 7) is 1.21. The molecule has 0 saturated carbocycles. The number of carbonyl (C=O) groups excluding carboxylic acids is 2. The molecule has 142 valence electrons. The highest BCUT2D eigenvalue weighted by Gasteiger charge is 2.27. The Balaban J connectivity index is 1.31. The van der Waals surface area contributed by atoms with Crippen LogP contribution in [0, 0.1) is 0 Å². The minimum Gasteiger partial charge on any atom is -0.346 e. The van der Waals surface area contributed by atoms with E-state index in [0.29, 0.717) is 30.7 Å². The van der Waals surface area contributed by atoms with Crippen LogP contribution in [0.25, 0.3) is 11.0 Å². The number of nitrogens with zero attached hydrogens (tertiary/aromatic N) is 3. The van der Waals surface area contributed by atoms with Crippen molar-refractivity contribution in [3.05, 3.63) is 72.1 Å². The van der Waals surface area contributed by atoms with E-state index in [-0.39, 0.29) is 17.9 Å². The number of likely N-dealkylation sites (tertiary alicyclic amines) is 1. The van der Waals surface area contributed by atoms with Crippen LogP contribution in [0.5, 0.6) is 0 Å². The second-order valence-corrected chi connectivity index (χ2v) is 7.03. The molecule has 1 unspecified atom stereocenters. The number of nitrogens with one attached hydrogen (secondary N) is 1. The van der Waals surface area contributed by atoms with Crippen LogP contribution in [-0.2, 0) is 11.2 Å². The predicted molar refractivity (Wildman–Crippen MR) is 107 cm³/mol. The summed E-state index contributed by atoms with van der Waals surface area (Å²) in [7, 11) is 0. The van der Waals surface area contributed by atoms with Crippen molar-refractivity contribution in [2.45, 2.75) is 25.3 Å². The van der Waals surface area contributed by atoms with Gasteiger partial charge in [0.15, 0.2) is 0 Å². The SMILES string of the molecule is O=C(NC1CCN(C(=O)CCc2ccccc2)C1)c1cnc2ccccc2n1. The molecule has 28 heavy (non-hydrogen) atoms. The van der Waals surface area contributed by atoms with Crippen molar-refractivity contribution < 1.29 is 9.59 Å². The number of benzene rings is 2. The van der Waals surface area contributed by atoms with Gasteiger partial charge in [0.25, 0.3) is 5.91 Å². The van der Waals surface area contributed by atoms with Crippen LogP contribution < -0.4 is 5.32 Å². The Bertz CT molecular complexity index is 990. The van der Waals surface area contributed by atoms with Gasteiger partial charge in [0.2, 0.25) is 5.91 Å². The van der Waals surface area contributed by atoms with E-state index in [1.54, 1.807) is 0 Å². The van der Waals surface area contributed by atoms with Crippen molar-refractivity contribution in [2.24, 2.45) is 0 Å². The monoisotopic (exact) mass is 374 g/mol. The molecular weight excluding hydrogens is 352 g/mol. The van der Waals surface area contributed by atoms with Gasteiger partial charge in [-0.1, -0.05) is 42.5 Å². The van der Waals surface area contributed by atoms with Crippen molar-refractivity contribution in [2.75, 3.05) is 13.1 Å².